The maximum absolute atomic E-state index is 13.0. The molecular weight excluding hydrogens is 442 g/mol. The number of guanidine groups is 1. The second-order valence-corrected chi connectivity index (χ2v) is 9.54. The van der Waals surface area contributed by atoms with Gasteiger partial charge in [-0.2, -0.15) is 0 Å². The molecule has 3 amide bonds. The first kappa shape index (κ1) is 31.1. The van der Waals surface area contributed by atoms with Gasteiger partial charge >= 0.3 is 5.97 Å². The van der Waals surface area contributed by atoms with E-state index in [1.165, 1.54) is 0 Å². The van der Waals surface area contributed by atoms with E-state index in [4.69, 9.17) is 17.2 Å². The van der Waals surface area contributed by atoms with Gasteiger partial charge in [-0.15, -0.1) is 0 Å². The Kier molecular flexibility index (Phi) is 13.8. The number of carboxylic acid groups (broad SMARTS) is 1. The Bertz CT molecular complexity index is 720. The number of aliphatic carboxylic acids is 1. The molecule has 0 fully saturated rings. The van der Waals surface area contributed by atoms with E-state index >= 15 is 0 Å². The average molecular weight is 486 g/mol. The molecule has 0 aliphatic heterocycles. The van der Waals surface area contributed by atoms with Crippen LogP contribution in [0, 0.1) is 17.8 Å². The number of nitrogens with one attached hydrogen (secondary N) is 3. The Hall–Kier alpha value is -2.89. The lowest BCUT2D eigenvalue weighted by Gasteiger charge is -2.28. The summed E-state index contributed by atoms with van der Waals surface area (Å²) in [5, 5.41) is 17.2. The Labute approximate surface area is 201 Å². The van der Waals surface area contributed by atoms with Gasteiger partial charge in [-0.3, -0.25) is 19.4 Å². The molecule has 0 spiro atoms. The molecule has 0 radical (unpaired) electrons. The molecule has 34 heavy (non-hydrogen) atoms. The molecule has 0 aromatic carbocycles. The van der Waals surface area contributed by atoms with E-state index in [2.05, 4.69) is 20.9 Å². The van der Waals surface area contributed by atoms with E-state index < -0.39 is 47.9 Å². The molecular formula is C22H43N7O5. The number of carbonyl (C=O) groups excluding carboxylic acids is 3. The molecule has 0 rings (SSSR count). The average Bonchev–Trinajstić information content (AvgIpc) is 2.70. The van der Waals surface area contributed by atoms with Crippen LogP contribution in [0.5, 0.6) is 0 Å². The summed E-state index contributed by atoms with van der Waals surface area (Å²) >= 11 is 0. The number of carboxylic acids is 1. The highest BCUT2D eigenvalue weighted by atomic mass is 16.4. The summed E-state index contributed by atoms with van der Waals surface area (Å²) in [5.74, 6) is -3.44. The first-order valence-corrected chi connectivity index (χ1v) is 11.6. The lowest BCUT2D eigenvalue weighted by molar-refractivity contribution is -0.144. The first-order valence-electron chi connectivity index (χ1n) is 11.6. The number of nitrogens with two attached hydrogens (primary N) is 3. The summed E-state index contributed by atoms with van der Waals surface area (Å²) in [5.41, 5.74) is 16.5. The topological polar surface area (TPSA) is 215 Å². The summed E-state index contributed by atoms with van der Waals surface area (Å²) in [4.78, 5) is 53.7. The zero-order valence-electron chi connectivity index (χ0n) is 21.1. The number of aliphatic imine (C=N–C) groups is 1. The molecule has 12 heteroatoms. The van der Waals surface area contributed by atoms with Crippen molar-refractivity contribution in [3.63, 3.8) is 0 Å². The van der Waals surface area contributed by atoms with Gasteiger partial charge in [-0.25, -0.2) is 4.79 Å². The van der Waals surface area contributed by atoms with Crippen molar-refractivity contribution in [2.75, 3.05) is 6.54 Å². The molecule has 196 valence electrons. The maximum atomic E-state index is 13.0. The monoisotopic (exact) mass is 485 g/mol. The van der Waals surface area contributed by atoms with Gasteiger partial charge in [0, 0.05) is 6.54 Å². The summed E-state index contributed by atoms with van der Waals surface area (Å²) < 4.78 is 0. The predicted molar refractivity (Wildman–Crippen MR) is 130 cm³/mol. The van der Waals surface area contributed by atoms with Gasteiger partial charge in [0.05, 0.1) is 6.04 Å². The molecule has 0 aromatic heterocycles. The largest absolute Gasteiger partial charge is 0.480 e. The van der Waals surface area contributed by atoms with Crippen molar-refractivity contribution < 1.29 is 24.3 Å². The summed E-state index contributed by atoms with van der Waals surface area (Å²) in [7, 11) is 0. The van der Waals surface area contributed by atoms with Crippen LogP contribution >= 0.6 is 0 Å². The Balaban J connectivity index is 5.31. The van der Waals surface area contributed by atoms with E-state index in [0.717, 1.165) is 0 Å². The first-order chi connectivity index (χ1) is 15.7. The second kappa shape index (κ2) is 15.1. The van der Waals surface area contributed by atoms with Crippen molar-refractivity contribution in [3.05, 3.63) is 0 Å². The zero-order valence-corrected chi connectivity index (χ0v) is 21.1. The number of amides is 3. The van der Waals surface area contributed by atoms with Crippen LogP contribution < -0.4 is 33.2 Å². The molecule has 0 heterocycles. The Morgan fingerprint density at radius 3 is 1.79 bits per heavy atom. The molecule has 0 aliphatic carbocycles. The van der Waals surface area contributed by atoms with Crippen LogP contribution in [0.25, 0.3) is 0 Å². The minimum Gasteiger partial charge on any atom is -0.480 e. The molecule has 4 unspecified atom stereocenters. The third-order valence-electron chi connectivity index (χ3n) is 5.12. The lowest BCUT2D eigenvalue weighted by Crippen LogP contribution is -2.59. The van der Waals surface area contributed by atoms with Crippen LogP contribution in [-0.4, -0.2) is 65.5 Å². The molecule has 0 aromatic rings. The third kappa shape index (κ3) is 11.8. The van der Waals surface area contributed by atoms with Crippen LogP contribution in [-0.2, 0) is 19.2 Å². The summed E-state index contributed by atoms with van der Waals surface area (Å²) in [6.45, 7) is 10.9. The minimum atomic E-state index is -1.16. The molecule has 0 aliphatic rings. The van der Waals surface area contributed by atoms with Gasteiger partial charge in [-0.05, 0) is 37.0 Å². The van der Waals surface area contributed by atoms with E-state index in [1.54, 1.807) is 27.7 Å². The SMILES string of the molecule is CC(C)CC(NC(=O)C(N)CCCN=C(N)N)C(=O)NC(C(=O)NC(C(=O)O)C(C)C)C(C)C. The van der Waals surface area contributed by atoms with E-state index in [0.29, 0.717) is 25.8 Å². The zero-order chi connectivity index (χ0) is 26.6. The van der Waals surface area contributed by atoms with Crippen molar-refractivity contribution in [2.24, 2.45) is 39.9 Å². The van der Waals surface area contributed by atoms with Gasteiger partial charge in [0.15, 0.2) is 5.96 Å². The van der Waals surface area contributed by atoms with Gasteiger partial charge in [0.2, 0.25) is 17.7 Å². The highest BCUT2D eigenvalue weighted by molar-refractivity contribution is 5.94. The van der Waals surface area contributed by atoms with Gasteiger partial charge < -0.3 is 38.3 Å². The number of nitrogens with zero attached hydrogens (tertiary/aromatic N) is 1. The number of carbonyl (C=O) groups is 4. The van der Waals surface area contributed by atoms with Crippen LogP contribution in [0.1, 0.15) is 60.8 Å². The van der Waals surface area contributed by atoms with Crippen LogP contribution in [0.15, 0.2) is 4.99 Å². The summed E-state index contributed by atoms with van der Waals surface area (Å²) in [6.07, 6.45) is 1.14. The molecule has 0 bridgehead atoms. The minimum absolute atomic E-state index is 0.0431. The van der Waals surface area contributed by atoms with Crippen molar-refractivity contribution in [1.29, 1.82) is 0 Å². The highest BCUT2D eigenvalue weighted by Crippen LogP contribution is 2.10. The van der Waals surface area contributed by atoms with Gasteiger partial charge in [0.1, 0.15) is 18.1 Å². The summed E-state index contributed by atoms with van der Waals surface area (Å²) in [6, 6.07) is -3.84. The third-order valence-corrected chi connectivity index (χ3v) is 5.12. The smallest absolute Gasteiger partial charge is 0.326 e. The van der Waals surface area contributed by atoms with Crippen molar-refractivity contribution in [3.8, 4) is 0 Å². The number of rotatable bonds is 15. The van der Waals surface area contributed by atoms with Crippen molar-refractivity contribution in [1.82, 2.24) is 16.0 Å². The highest BCUT2D eigenvalue weighted by Gasteiger charge is 2.32. The maximum Gasteiger partial charge on any atom is 0.326 e. The predicted octanol–water partition coefficient (Wildman–Crippen LogP) is -0.736. The fourth-order valence-electron chi connectivity index (χ4n) is 3.18. The van der Waals surface area contributed by atoms with Gasteiger partial charge in [0.25, 0.3) is 0 Å². The Morgan fingerprint density at radius 1 is 0.824 bits per heavy atom. The fraction of sp³-hybridized carbons (Fsp3) is 0.773. The van der Waals surface area contributed by atoms with E-state index in [-0.39, 0.29) is 23.7 Å². The normalized spacial score (nSPS) is 14.8. The van der Waals surface area contributed by atoms with Crippen LogP contribution in [0.2, 0.25) is 0 Å². The van der Waals surface area contributed by atoms with E-state index in [1.807, 2.05) is 13.8 Å². The molecule has 4 atom stereocenters. The van der Waals surface area contributed by atoms with Crippen LogP contribution in [0.4, 0.5) is 0 Å². The molecule has 0 saturated heterocycles. The molecule has 12 nitrogen and oxygen atoms in total. The lowest BCUT2D eigenvalue weighted by atomic mass is 9.98. The van der Waals surface area contributed by atoms with E-state index in [9.17, 15) is 24.3 Å². The quantitative estimate of drug-likeness (QED) is 0.0888. The van der Waals surface area contributed by atoms with Crippen molar-refractivity contribution >= 4 is 29.7 Å². The second-order valence-electron chi connectivity index (χ2n) is 9.54. The number of hydrogen-bond donors (Lipinski definition) is 7. The van der Waals surface area contributed by atoms with Crippen molar-refractivity contribution in [2.45, 2.75) is 85.0 Å². The van der Waals surface area contributed by atoms with Gasteiger partial charge in [-0.1, -0.05) is 41.5 Å². The molecule has 0 saturated carbocycles. The Morgan fingerprint density at radius 2 is 1.35 bits per heavy atom. The number of hydrogen-bond acceptors (Lipinski definition) is 6. The van der Waals surface area contributed by atoms with Crippen LogP contribution in [0.3, 0.4) is 0 Å². The molecule has 10 N–H and O–H groups in total. The fourth-order valence-corrected chi connectivity index (χ4v) is 3.18. The standard InChI is InChI=1S/C22H43N7O5/c1-11(2)10-15(27-18(30)14(23)8-7-9-26-22(24)25)19(31)28-16(12(3)4)20(32)29-17(13(5)6)21(33)34/h11-17H,7-10,23H2,1-6H3,(H,27,30)(H,28,31)(H,29,32)(H,33,34)(H4,24,25,26).